The van der Waals surface area contributed by atoms with Gasteiger partial charge >= 0.3 is 0 Å². The number of fused-ring (bicyclic) bond motifs is 1. The molecule has 0 atom stereocenters. The molecule has 0 saturated heterocycles. The monoisotopic (exact) mass is 229 g/mol. The first-order valence-electron chi connectivity index (χ1n) is 6.09. The van der Waals surface area contributed by atoms with Crippen LogP contribution in [0.15, 0.2) is 30.5 Å². The molecule has 1 heterocycles. The fraction of sp³-hybridized carbons (Fsp3) is 0.400. The maximum absolute atomic E-state index is 12.4. The number of carbonyl (C=O) groups is 1. The maximum atomic E-state index is 12.4. The van der Waals surface area contributed by atoms with Crippen LogP contribution < -0.4 is 0 Å². The van der Waals surface area contributed by atoms with E-state index in [1.807, 2.05) is 45.2 Å². The Morgan fingerprint density at radius 1 is 1.24 bits per heavy atom. The molecular formula is C15H19NO. The first-order chi connectivity index (χ1) is 7.95. The second-order valence-corrected chi connectivity index (χ2v) is 5.45. The topological polar surface area (TPSA) is 22.0 Å². The molecule has 0 aliphatic carbocycles. The summed E-state index contributed by atoms with van der Waals surface area (Å²) in [6.45, 7) is 7.98. The Morgan fingerprint density at radius 2 is 1.88 bits per heavy atom. The molecule has 0 unspecified atom stereocenters. The van der Waals surface area contributed by atoms with Crippen molar-refractivity contribution >= 4 is 16.8 Å². The Bertz CT molecular complexity index is 558. The van der Waals surface area contributed by atoms with Crippen molar-refractivity contribution in [3.05, 3.63) is 36.0 Å². The Labute approximate surface area is 102 Å². The summed E-state index contributed by atoms with van der Waals surface area (Å²) in [6, 6.07) is 8.10. The number of rotatable bonds is 1. The van der Waals surface area contributed by atoms with Crippen molar-refractivity contribution < 1.29 is 4.79 Å². The summed E-state index contributed by atoms with van der Waals surface area (Å²) in [5, 5.41) is 1.19. The van der Waals surface area contributed by atoms with Crippen LogP contribution in [0.3, 0.4) is 0 Å². The lowest BCUT2D eigenvalue weighted by atomic mass is 9.95. The normalized spacial score (nSPS) is 12.0. The molecule has 2 aromatic rings. The molecule has 0 saturated carbocycles. The van der Waals surface area contributed by atoms with Gasteiger partial charge < -0.3 is 0 Å². The van der Waals surface area contributed by atoms with E-state index in [9.17, 15) is 4.79 Å². The molecule has 1 aromatic heterocycles. The van der Waals surface area contributed by atoms with E-state index in [1.54, 1.807) is 4.57 Å². The van der Waals surface area contributed by atoms with Crippen molar-refractivity contribution in [2.45, 2.75) is 34.1 Å². The van der Waals surface area contributed by atoms with Crippen LogP contribution in [0.2, 0.25) is 0 Å². The van der Waals surface area contributed by atoms with Crippen LogP contribution >= 0.6 is 0 Å². The molecule has 2 nitrogen and oxygen atoms in total. The van der Waals surface area contributed by atoms with E-state index >= 15 is 0 Å². The number of aromatic nitrogens is 1. The fourth-order valence-corrected chi connectivity index (χ4v) is 2.06. The first kappa shape index (κ1) is 11.9. The van der Waals surface area contributed by atoms with Gasteiger partial charge in [-0.05, 0) is 18.1 Å². The van der Waals surface area contributed by atoms with Crippen LogP contribution in [-0.4, -0.2) is 10.5 Å². The van der Waals surface area contributed by atoms with E-state index in [2.05, 4.69) is 13.0 Å². The zero-order valence-corrected chi connectivity index (χ0v) is 10.9. The van der Waals surface area contributed by atoms with Gasteiger partial charge in [0.25, 0.3) is 0 Å². The van der Waals surface area contributed by atoms with Crippen molar-refractivity contribution in [3.63, 3.8) is 0 Å². The predicted molar refractivity (Wildman–Crippen MR) is 71.4 cm³/mol. The predicted octanol–water partition coefficient (Wildman–Crippen LogP) is 3.89. The van der Waals surface area contributed by atoms with Gasteiger partial charge in [0.15, 0.2) is 0 Å². The van der Waals surface area contributed by atoms with Crippen LogP contribution in [0.5, 0.6) is 0 Å². The summed E-state index contributed by atoms with van der Waals surface area (Å²) in [5.41, 5.74) is 1.90. The van der Waals surface area contributed by atoms with E-state index in [-0.39, 0.29) is 11.3 Å². The summed E-state index contributed by atoms with van der Waals surface area (Å²) in [7, 11) is 0. The number of para-hydroxylation sites is 1. The van der Waals surface area contributed by atoms with Gasteiger partial charge in [-0.1, -0.05) is 45.9 Å². The zero-order chi connectivity index (χ0) is 12.6. The maximum Gasteiger partial charge on any atom is 0.236 e. The minimum Gasteiger partial charge on any atom is -0.287 e. The van der Waals surface area contributed by atoms with E-state index in [1.165, 1.54) is 10.9 Å². The van der Waals surface area contributed by atoms with Crippen molar-refractivity contribution in [3.8, 4) is 0 Å². The number of benzene rings is 1. The standard InChI is InChI=1S/C15H19NO/c1-5-11-10-16(14(17)15(2,3)4)13-9-7-6-8-12(11)13/h6-10H,5H2,1-4H3. The molecule has 2 heteroatoms. The third kappa shape index (κ3) is 1.99. The number of carbonyl (C=O) groups excluding carboxylic acids is 1. The van der Waals surface area contributed by atoms with E-state index in [4.69, 9.17) is 0 Å². The second kappa shape index (κ2) is 4.02. The van der Waals surface area contributed by atoms with Crippen LogP contribution in [-0.2, 0) is 6.42 Å². The molecule has 17 heavy (non-hydrogen) atoms. The molecule has 0 N–H and O–H groups in total. The molecule has 0 aliphatic rings. The van der Waals surface area contributed by atoms with Crippen molar-refractivity contribution in [1.29, 1.82) is 0 Å². The van der Waals surface area contributed by atoms with Gasteiger partial charge in [-0.15, -0.1) is 0 Å². The number of hydrogen-bond acceptors (Lipinski definition) is 1. The first-order valence-corrected chi connectivity index (χ1v) is 6.09. The highest BCUT2D eigenvalue weighted by Crippen LogP contribution is 2.25. The van der Waals surface area contributed by atoms with E-state index in [0.717, 1.165) is 11.9 Å². The summed E-state index contributed by atoms with van der Waals surface area (Å²) < 4.78 is 1.80. The summed E-state index contributed by atoms with van der Waals surface area (Å²) in [4.78, 5) is 12.4. The summed E-state index contributed by atoms with van der Waals surface area (Å²) in [6.07, 6.45) is 2.93. The van der Waals surface area contributed by atoms with Gasteiger partial charge in [-0.2, -0.15) is 0 Å². The summed E-state index contributed by atoms with van der Waals surface area (Å²) >= 11 is 0. The molecule has 90 valence electrons. The smallest absolute Gasteiger partial charge is 0.236 e. The number of nitrogens with zero attached hydrogens (tertiary/aromatic N) is 1. The van der Waals surface area contributed by atoms with Gasteiger partial charge in [0.2, 0.25) is 5.91 Å². The third-order valence-corrected chi connectivity index (χ3v) is 3.04. The number of hydrogen-bond donors (Lipinski definition) is 0. The minimum absolute atomic E-state index is 0.147. The molecule has 0 aliphatic heterocycles. The molecule has 0 radical (unpaired) electrons. The molecule has 2 rings (SSSR count). The van der Waals surface area contributed by atoms with Crippen molar-refractivity contribution in [2.24, 2.45) is 5.41 Å². The molecule has 0 fully saturated rings. The highest BCUT2D eigenvalue weighted by molar-refractivity contribution is 5.96. The van der Waals surface area contributed by atoms with Crippen molar-refractivity contribution in [1.82, 2.24) is 4.57 Å². The van der Waals surface area contributed by atoms with Crippen LogP contribution in [0.1, 0.15) is 38.1 Å². The Kier molecular flexibility index (Phi) is 2.82. The van der Waals surface area contributed by atoms with Crippen LogP contribution in [0, 0.1) is 5.41 Å². The quantitative estimate of drug-likeness (QED) is 0.727. The SMILES string of the molecule is CCc1cn(C(=O)C(C)(C)C)c2ccccc12. The summed E-state index contributed by atoms with van der Waals surface area (Å²) in [5.74, 6) is 0.147. The van der Waals surface area contributed by atoms with Crippen molar-refractivity contribution in [2.75, 3.05) is 0 Å². The Morgan fingerprint density at radius 3 is 2.47 bits per heavy atom. The molecule has 0 bridgehead atoms. The third-order valence-electron chi connectivity index (χ3n) is 3.04. The van der Waals surface area contributed by atoms with E-state index < -0.39 is 0 Å². The lowest BCUT2D eigenvalue weighted by Gasteiger charge is -2.17. The molecule has 0 spiro atoms. The van der Waals surface area contributed by atoms with Gasteiger partial charge in [0, 0.05) is 17.0 Å². The second-order valence-electron chi connectivity index (χ2n) is 5.45. The lowest BCUT2D eigenvalue weighted by molar-refractivity contribution is 0.0772. The van der Waals surface area contributed by atoms with Gasteiger partial charge in [-0.3, -0.25) is 9.36 Å². The Hall–Kier alpha value is -1.57. The average molecular weight is 229 g/mol. The highest BCUT2D eigenvalue weighted by atomic mass is 16.2. The van der Waals surface area contributed by atoms with E-state index in [0.29, 0.717) is 0 Å². The molecule has 0 amide bonds. The van der Waals surface area contributed by atoms with Gasteiger partial charge in [-0.25, -0.2) is 0 Å². The largest absolute Gasteiger partial charge is 0.287 e. The Balaban J connectivity index is 2.67. The van der Waals surface area contributed by atoms with Gasteiger partial charge in [0.1, 0.15) is 0 Å². The zero-order valence-electron chi connectivity index (χ0n) is 10.9. The molecule has 1 aromatic carbocycles. The highest BCUT2D eigenvalue weighted by Gasteiger charge is 2.24. The van der Waals surface area contributed by atoms with Crippen LogP contribution in [0.25, 0.3) is 10.9 Å². The molecular weight excluding hydrogens is 210 g/mol. The van der Waals surface area contributed by atoms with Crippen LogP contribution in [0.4, 0.5) is 0 Å². The minimum atomic E-state index is -0.354. The number of aryl methyl sites for hydroxylation is 1. The average Bonchev–Trinajstić information content (AvgIpc) is 2.65. The van der Waals surface area contributed by atoms with Gasteiger partial charge in [0.05, 0.1) is 5.52 Å². The fourth-order valence-electron chi connectivity index (χ4n) is 2.06. The lowest BCUT2D eigenvalue weighted by Crippen LogP contribution is -2.26.